The normalized spacial score (nSPS) is 10.5. The fourth-order valence-electron chi connectivity index (χ4n) is 1.86. The highest BCUT2D eigenvalue weighted by Gasteiger charge is 2.05. The fourth-order valence-corrected chi connectivity index (χ4v) is 1.86. The van der Waals surface area contributed by atoms with Gasteiger partial charge in [0.25, 0.3) is 0 Å². The first-order valence-electron chi connectivity index (χ1n) is 7.59. The second-order valence-electron chi connectivity index (χ2n) is 4.65. The summed E-state index contributed by atoms with van der Waals surface area (Å²) in [6.45, 7) is 13.4. The summed E-state index contributed by atoms with van der Waals surface area (Å²) in [6.07, 6.45) is 0.802. The van der Waals surface area contributed by atoms with Crippen LogP contribution < -0.4 is 0 Å². The summed E-state index contributed by atoms with van der Waals surface area (Å²) in [5.41, 5.74) is 0. The number of hydrogen-bond acceptors (Lipinski definition) is 4. The van der Waals surface area contributed by atoms with Gasteiger partial charge in [-0.1, -0.05) is 27.7 Å². The standard InChI is InChI=1S/C16H28N2O2/c1-5-17(6-2)13-11-15(19)9-10-16(20)12-14-18(7-3)8-4/h5-8,11-14H2,1-4H3. The molecule has 0 N–H and O–H groups in total. The van der Waals surface area contributed by atoms with Crippen LogP contribution in [0.3, 0.4) is 0 Å². The van der Waals surface area contributed by atoms with Gasteiger partial charge in [0.05, 0.1) is 0 Å². The van der Waals surface area contributed by atoms with Gasteiger partial charge in [0, 0.05) is 25.9 Å². The Morgan fingerprint density at radius 2 is 1.00 bits per heavy atom. The lowest BCUT2D eigenvalue weighted by atomic mass is 10.2. The van der Waals surface area contributed by atoms with Crippen LogP contribution in [-0.4, -0.2) is 60.6 Å². The Bertz CT molecular complexity index is 315. The zero-order valence-corrected chi connectivity index (χ0v) is 13.4. The van der Waals surface area contributed by atoms with E-state index in [9.17, 15) is 9.59 Å². The summed E-state index contributed by atoms with van der Waals surface area (Å²) in [4.78, 5) is 27.5. The molecule has 0 spiro atoms. The minimum absolute atomic E-state index is 0.145. The maximum absolute atomic E-state index is 11.6. The molecule has 114 valence electrons. The van der Waals surface area contributed by atoms with Crippen LogP contribution in [-0.2, 0) is 9.59 Å². The van der Waals surface area contributed by atoms with Gasteiger partial charge in [-0.2, -0.15) is 0 Å². The van der Waals surface area contributed by atoms with Gasteiger partial charge < -0.3 is 9.80 Å². The molecule has 0 unspecified atom stereocenters. The average Bonchev–Trinajstić information content (AvgIpc) is 2.47. The van der Waals surface area contributed by atoms with E-state index in [4.69, 9.17) is 0 Å². The molecule has 0 fully saturated rings. The van der Waals surface area contributed by atoms with Gasteiger partial charge in [-0.25, -0.2) is 0 Å². The van der Waals surface area contributed by atoms with Crippen molar-refractivity contribution in [3.8, 4) is 11.8 Å². The lowest BCUT2D eigenvalue weighted by Crippen LogP contribution is -2.26. The van der Waals surface area contributed by atoms with E-state index in [0.29, 0.717) is 25.9 Å². The molecule has 0 saturated heterocycles. The summed E-state index contributed by atoms with van der Waals surface area (Å²) < 4.78 is 0. The van der Waals surface area contributed by atoms with Crippen LogP contribution in [0.5, 0.6) is 0 Å². The maximum Gasteiger partial charge on any atom is 0.207 e. The zero-order chi connectivity index (χ0) is 15.4. The predicted octanol–water partition coefficient (Wildman–Crippen LogP) is 1.59. The molecular weight excluding hydrogens is 252 g/mol. The maximum atomic E-state index is 11.6. The van der Waals surface area contributed by atoms with Gasteiger partial charge in [0.1, 0.15) is 0 Å². The van der Waals surface area contributed by atoms with E-state index in [2.05, 4.69) is 49.3 Å². The SMILES string of the molecule is CCN(CC)CCC(=O)C#CC(=O)CCN(CC)CC. The molecular formula is C16H28N2O2. The first-order valence-corrected chi connectivity index (χ1v) is 7.59. The van der Waals surface area contributed by atoms with Crippen molar-refractivity contribution in [2.75, 3.05) is 39.3 Å². The third-order valence-corrected chi connectivity index (χ3v) is 3.44. The Kier molecular flexibility index (Phi) is 10.9. The van der Waals surface area contributed by atoms with E-state index < -0.39 is 0 Å². The third-order valence-electron chi connectivity index (χ3n) is 3.44. The van der Waals surface area contributed by atoms with Crippen LogP contribution >= 0.6 is 0 Å². The fraction of sp³-hybridized carbons (Fsp3) is 0.750. The molecule has 4 heteroatoms. The number of nitrogens with zero attached hydrogens (tertiary/aromatic N) is 2. The van der Waals surface area contributed by atoms with Crippen LogP contribution in [0.4, 0.5) is 0 Å². The van der Waals surface area contributed by atoms with Gasteiger partial charge in [0.15, 0.2) is 0 Å². The molecule has 0 rings (SSSR count). The second kappa shape index (κ2) is 11.6. The Hall–Kier alpha value is -1.18. The van der Waals surface area contributed by atoms with E-state index in [1.807, 2.05) is 0 Å². The van der Waals surface area contributed by atoms with Crippen LogP contribution in [0.2, 0.25) is 0 Å². The Morgan fingerprint density at radius 3 is 1.25 bits per heavy atom. The molecule has 0 aliphatic rings. The predicted molar refractivity (Wildman–Crippen MR) is 82.6 cm³/mol. The minimum atomic E-state index is -0.145. The summed E-state index contributed by atoms with van der Waals surface area (Å²) in [5, 5.41) is 0. The molecule has 20 heavy (non-hydrogen) atoms. The number of hydrogen-bond donors (Lipinski definition) is 0. The van der Waals surface area contributed by atoms with Crippen molar-refractivity contribution in [1.29, 1.82) is 0 Å². The van der Waals surface area contributed by atoms with Gasteiger partial charge in [-0.05, 0) is 38.0 Å². The summed E-state index contributed by atoms with van der Waals surface area (Å²) in [5.74, 6) is 4.63. The summed E-state index contributed by atoms with van der Waals surface area (Å²) >= 11 is 0. The molecule has 4 nitrogen and oxygen atoms in total. The Morgan fingerprint density at radius 1 is 0.700 bits per heavy atom. The van der Waals surface area contributed by atoms with Crippen LogP contribution in [0.1, 0.15) is 40.5 Å². The smallest absolute Gasteiger partial charge is 0.207 e. The average molecular weight is 280 g/mol. The molecule has 0 amide bonds. The quantitative estimate of drug-likeness (QED) is 0.450. The molecule has 0 heterocycles. The number of carbonyl (C=O) groups is 2. The highest BCUT2D eigenvalue weighted by molar-refractivity contribution is 6.04. The molecule has 0 bridgehead atoms. The molecule has 0 saturated carbocycles. The Labute approximate surface area is 123 Å². The molecule has 0 aromatic carbocycles. The lowest BCUT2D eigenvalue weighted by Gasteiger charge is -2.16. The molecule has 0 aromatic heterocycles. The van der Waals surface area contributed by atoms with E-state index in [1.165, 1.54) is 0 Å². The van der Waals surface area contributed by atoms with Crippen molar-refractivity contribution >= 4 is 11.6 Å². The van der Waals surface area contributed by atoms with Crippen molar-refractivity contribution < 1.29 is 9.59 Å². The van der Waals surface area contributed by atoms with E-state index >= 15 is 0 Å². The van der Waals surface area contributed by atoms with Crippen LogP contribution in [0.25, 0.3) is 0 Å². The number of Topliss-reactive ketones (excluding diaryl/α,β-unsaturated/α-hetero) is 2. The molecule has 0 aliphatic carbocycles. The Balaban J connectivity index is 4.04. The van der Waals surface area contributed by atoms with Gasteiger partial charge in [-0.15, -0.1) is 0 Å². The van der Waals surface area contributed by atoms with Crippen LogP contribution in [0, 0.1) is 11.8 Å². The largest absolute Gasteiger partial charge is 0.303 e. The first-order chi connectivity index (χ1) is 9.57. The van der Waals surface area contributed by atoms with Crippen molar-refractivity contribution in [2.24, 2.45) is 0 Å². The van der Waals surface area contributed by atoms with Gasteiger partial charge >= 0.3 is 0 Å². The second-order valence-corrected chi connectivity index (χ2v) is 4.65. The highest BCUT2D eigenvalue weighted by atomic mass is 16.1. The van der Waals surface area contributed by atoms with Crippen molar-refractivity contribution in [3.63, 3.8) is 0 Å². The van der Waals surface area contributed by atoms with E-state index in [1.54, 1.807) is 0 Å². The van der Waals surface area contributed by atoms with Crippen molar-refractivity contribution in [1.82, 2.24) is 9.80 Å². The van der Waals surface area contributed by atoms with E-state index in [-0.39, 0.29) is 11.6 Å². The molecule has 0 atom stereocenters. The topological polar surface area (TPSA) is 40.6 Å². The monoisotopic (exact) mass is 280 g/mol. The van der Waals surface area contributed by atoms with E-state index in [0.717, 1.165) is 26.2 Å². The highest BCUT2D eigenvalue weighted by Crippen LogP contribution is 1.93. The lowest BCUT2D eigenvalue weighted by molar-refractivity contribution is -0.115. The number of carbonyl (C=O) groups excluding carboxylic acids is 2. The van der Waals surface area contributed by atoms with Crippen molar-refractivity contribution in [2.45, 2.75) is 40.5 Å². The third kappa shape index (κ3) is 8.84. The first kappa shape index (κ1) is 18.8. The molecule has 0 aliphatic heterocycles. The summed E-state index contributed by atoms with van der Waals surface area (Å²) in [6, 6.07) is 0. The number of rotatable bonds is 10. The van der Waals surface area contributed by atoms with Crippen LogP contribution in [0.15, 0.2) is 0 Å². The van der Waals surface area contributed by atoms with Gasteiger partial charge in [-0.3, -0.25) is 9.59 Å². The van der Waals surface area contributed by atoms with Crippen molar-refractivity contribution in [3.05, 3.63) is 0 Å². The zero-order valence-electron chi connectivity index (χ0n) is 13.4. The minimum Gasteiger partial charge on any atom is -0.303 e. The number of ketones is 2. The molecule has 0 radical (unpaired) electrons. The van der Waals surface area contributed by atoms with Gasteiger partial charge in [0.2, 0.25) is 11.6 Å². The summed E-state index contributed by atoms with van der Waals surface area (Å²) in [7, 11) is 0. The molecule has 0 aromatic rings.